The highest BCUT2D eigenvalue weighted by atomic mass is 16.5. The molecule has 1 heterocycles. The van der Waals surface area contributed by atoms with Gasteiger partial charge in [0.05, 0.1) is 6.61 Å². The number of rotatable bonds is 6. The molecule has 0 aliphatic heterocycles. The highest BCUT2D eigenvalue weighted by Crippen LogP contribution is 1.97. The second kappa shape index (κ2) is 6.22. The number of hydrogen-bond donors (Lipinski definition) is 2. The second-order valence-electron chi connectivity index (χ2n) is 3.69. The van der Waals surface area contributed by atoms with E-state index in [1.54, 1.807) is 7.11 Å². The molecule has 0 aliphatic rings. The lowest BCUT2D eigenvalue weighted by Crippen LogP contribution is -2.36. The first-order chi connectivity index (χ1) is 7.67. The Balaban J connectivity index is 2.52. The van der Waals surface area contributed by atoms with Crippen LogP contribution in [0.2, 0.25) is 0 Å². The number of aryl methyl sites for hydroxylation is 1. The van der Waals surface area contributed by atoms with E-state index in [0.29, 0.717) is 6.61 Å². The van der Waals surface area contributed by atoms with Gasteiger partial charge in [0.2, 0.25) is 5.82 Å². The molecule has 1 aromatic heterocycles. The van der Waals surface area contributed by atoms with Crippen LogP contribution in [0.15, 0.2) is 0 Å². The number of methoxy groups -OCH3 is 1. The third-order valence-corrected chi connectivity index (χ3v) is 2.02. The lowest BCUT2D eigenvalue weighted by Gasteiger charge is -2.10. The van der Waals surface area contributed by atoms with E-state index in [4.69, 9.17) is 4.74 Å². The van der Waals surface area contributed by atoms with E-state index in [2.05, 4.69) is 20.5 Å². The molecule has 0 radical (unpaired) electrons. The SMILES string of the molecule is CCCc1nc(C(=O)NC(C)COC)n[nH]1. The topological polar surface area (TPSA) is 79.9 Å². The summed E-state index contributed by atoms with van der Waals surface area (Å²) in [6.45, 7) is 4.38. The molecule has 1 aromatic rings. The number of amides is 1. The van der Waals surface area contributed by atoms with E-state index >= 15 is 0 Å². The van der Waals surface area contributed by atoms with Gasteiger partial charge in [0.1, 0.15) is 5.82 Å². The predicted molar refractivity (Wildman–Crippen MR) is 59.2 cm³/mol. The van der Waals surface area contributed by atoms with Crippen molar-refractivity contribution >= 4 is 5.91 Å². The Morgan fingerprint density at radius 1 is 1.62 bits per heavy atom. The molecule has 0 aliphatic carbocycles. The van der Waals surface area contributed by atoms with Gasteiger partial charge in [-0.2, -0.15) is 0 Å². The summed E-state index contributed by atoms with van der Waals surface area (Å²) in [6, 6.07) is -0.0503. The standard InChI is InChI=1S/C10H18N4O2/c1-4-5-8-12-9(14-13-8)10(15)11-7(2)6-16-3/h7H,4-6H2,1-3H3,(H,11,15)(H,12,13,14). The van der Waals surface area contributed by atoms with Crippen LogP contribution >= 0.6 is 0 Å². The number of carbonyl (C=O) groups is 1. The average Bonchev–Trinajstić information content (AvgIpc) is 2.67. The first kappa shape index (κ1) is 12.6. The monoisotopic (exact) mass is 226 g/mol. The van der Waals surface area contributed by atoms with Crippen molar-refractivity contribution in [1.29, 1.82) is 0 Å². The molecule has 1 atom stereocenters. The maximum atomic E-state index is 11.6. The molecule has 0 saturated carbocycles. The summed E-state index contributed by atoms with van der Waals surface area (Å²) in [7, 11) is 1.59. The van der Waals surface area contributed by atoms with Gasteiger partial charge in [0, 0.05) is 19.6 Å². The highest BCUT2D eigenvalue weighted by molar-refractivity contribution is 5.90. The van der Waals surface area contributed by atoms with E-state index in [0.717, 1.165) is 18.7 Å². The van der Waals surface area contributed by atoms with Crippen molar-refractivity contribution < 1.29 is 9.53 Å². The van der Waals surface area contributed by atoms with Gasteiger partial charge in [0.15, 0.2) is 0 Å². The summed E-state index contributed by atoms with van der Waals surface area (Å²) in [5, 5.41) is 9.34. The second-order valence-corrected chi connectivity index (χ2v) is 3.69. The van der Waals surface area contributed by atoms with Crippen molar-refractivity contribution in [3.63, 3.8) is 0 Å². The molecule has 0 saturated heterocycles. The number of ether oxygens (including phenoxy) is 1. The Hall–Kier alpha value is -1.43. The minimum absolute atomic E-state index is 0.0503. The molecule has 90 valence electrons. The normalized spacial score (nSPS) is 12.4. The summed E-state index contributed by atoms with van der Waals surface area (Å²) >= 11 is 0. The van der Waals surface area contributed by atoms with Gasteiger partial charge in [-0.1, -0.05) is 6.92 Å². The smallest absolute Gasteiger partial charge is 0.291 e. The van der Waals surface area contributed by atoms with E-state index in [1.165, 1.54) is 0 Å². The number of H-pyrrole nitrogens is 1. The lowest BCUT2D eigenvalue weighted by atomic mass is 10.3. The summed E-state index contributed by atoms with van der Waals surface area (Å²) in [6.07, 6.45) is 1.77. The molecular weight excluding hydrogens is 208 g/mol. The van der Waals surface area contributed by atoms with Crippen LogP contribution in [0.4, 0.5) is 0 Å². The fourth-order valence-electron chi connectivity index (χ4n) is 1.33. The minimum atomic E-state index is -0.275. The number of carbonyl (C=O) groups excluding carboxylic acids is 1. The number of nitrogens with one attached hydrogen (secondary N) is 2. The maximum absolute atomic E-state index is 11.6. The summed E-state index contributed by atoms with van der Waals surface area (Å²) in [5.74, 6) is 0.654. The van der Waals surface area contributed by atoms with Gasteiger partial charge >= 0.3 is 0 Å². The molecule has 6 heteroatoms. The number of hydrogen-bond acceptors (Lipinski definition) is 4. The molecule has 0 fully saturated rings. The molecule has 0 bridgehead atoms. The van der Waals surface area contributed by atoms with E-state index < -0.39 is 0 Å². The molecule has 6 nitrogen and oxygen atoms in total. The Bertz CT molecular complexity index is 337. The summed E-state index contributed by atoms with van der Waals surface area (Å²) < 4.78 is 4.92. The lowest BCUT2D eigenvalue weighted by molar-refractivity contribution is 0.0895. The van der Waals surface area contributed by atoms with Crippen molar-refractivity contribution in [2.75, 3.05) is 13.7 Å². The first-order valence-electron chi connectivity index (χ1n) is 5.38. The van der Waals surface area contributed by atoms with Crippen molar-refractivity contribution in [1.82, 2.24) is 20.5 Å². The minimum Gasteiger partial charge on any atom is -0.383 e. The maximum Gasteiger partial charge on any atom is 0.291 e. The van der Waals surface area contributed by atoms with Gasteiger partial charge in [-0.25, -0.2) is 4.98 Å². The van der Waals surface area contributed by atoms with Gasteiger partial charge < -0.3 is 10.1 Å². The molecule has 2 N–H and O–H groups in total. The van der Waals surface area contributed by atoms with E-state index in [1.807, 2.05) is 13.8 Å². The van der Waals surface area contributed by atoms with E-state index in [9.17, 15) is 4.79 Å². The Kier molecular flexibility index (Phi) is 4.91. The molecule has 16 heavy (non-hydrogen) atoms. The molecule has 0 aromatic carbocycles. The summed E-state index contributed by atoms with van der Waals surface area (Å²) in [4.78, 5) is 15.7. The van der Waals surface area contributed by atoms with Gasteiger partial charge in [-0.05, 0) is 13.3 Å². The van der Waals surface area contributed by atoms with E-state index in [-0.39, 0.29) is 17.8 Å². The predicted octanol–water partition coefficient (Wildman–Crippen LogP) is 0.522. The highest BCUT2D eigenvalue weighted by Gasteiger charge is 2.14. The van der Waals surface area contributed by atoms with Gasteiger partial charge in [0.25, 0.3) is 5.91 Å². The van der Waals surface area contributed by atoms with Gasteiger partial charge in [-0.3, -0.25) is 9.89 Å². The number of nitrogens with zero attached hydrogens (tertiary/aromatic N) is 2. The van der Waals surface area contributed by atoms with Crippen LogP contribution in [0.1, 0.15) is 36.7 Å². The zero-order valence-electron chi connectivity index (χ0n) is 9.91. The largest absolute Gasteiger partial charge is 0.383 e. The van der Waals surface area contributed by atoms with Crippen LogP contribution < -0.4 is 5.32 Å². The third kappa shape index (κ3) is 3.62. The van der Waals surface area contributed by atoms with Crippen LogP contribution in [0, 0.1) is 0 Å². The van der Waals surface area contributed by atoms with Gasteiger partial charge in [-0.15, -0.1) is 5.10 Å². The quantitative estimate of drug-likeness (QED) is 0.741. The van der Waals surface area contributed by atoms with Crippen LogP contribution in [0.3, 0.4) is 0 Å². The summed E-state index contributed by atoms with van der Waals surface area (Å²) in [5.41, 5.74) is 0. The third-order valence-electron chi connectivity index (χ3n) is 2.02. The Morgan fingerprint density at radius 3 is 3.00 bits per heavy atom. The van der Waals surface area contributed by atoms with Crippen LogP contribution in [-0.4, -0.2) is 40.8 Å². The number of aromatic amines is 1. The van der Waals surface area contributed by atoms with Crippen molar-refractivity contribution in [3.05, 3.63) is 11.6 Å². The van der Waals surface area contributed by atoms with Crippen LogP contribution in [0.5, 0.6) is 0 Å². The zero-order valence-corrected chi connectivity index (χ0v) is 9.91. The number of aromatic nitrogens is 3. The Morgan fingerprint density at radius 2 is 2.38 bits per heavy atom. The fraction of sp³-hybridized carbons (Fsp3) is 0.700. The molecule has 1 rings (SSSR count). The van der Waals surface area contributed by atoms with Crippen LogP contribution in [0.25, 0.3) is 0 Å². The van der Waals surface area contributed by atoms with Crippen molar-refractivity contribution in [2.24, 2.45) is 0 Å². The van der Waals surface area contributed by atoms with Crippen molar-refractivity contribution in [3.8, 4) is 0 Å². The Labute approximate surface area is 94.8 Å². The van der Waals surface area contributed by atoms with Crippen LogP contribution in [-0.2, 0) is 11.2 Å². The zero-order chi connectivity index (χ0) is 12.0. The first-order valence-corrected chi connectivity index (χ1v) is 5.38. The molecule has 0 spiro atoms. The average molecular weight is 226 g/mol. The fourth-order valence-corrected chi connectivity index (χ4v) is 1.33. The van der Waals surface area contributed by atoms with Crippen molar-refractivity contribution in [2.45, 2.75) is 32.7 Å². The molecular formula is C10H18N4O2. The molecule has 1 amide bonds. The molecule has 1 unspecified atom stereocenters.